The van der Waals surface area contributed by atoms with E-state index < -0.39 is 0 Å². The van der Waals surface area contributed by atoms with Crippen molar-refractivity contribution < 1.29 is 4.39 Å². The van der Waals surface area contributed by atoms with Gasteiger partial charge in [0, 0.05) is 11.9 Å². The van der Waals surface area contributed by atoms with Crippen LogP contribution in [0.15, 0.2) is 36.7 Å². The van der Waals surface area contributed by atoms with Gasteiger partial charge in [0.25, 0.3) is 0 Å². The summed E-state index contributed by atoms with van der Waals surface area (Å²) < 4.78 is 15.4. The molecule has 0 bridgehead atoms. The molecule has 3 nitrogen and oxygen atoms in total. The Bertz CT molecular complexity index is 780. The summed E-state index contributed by atoms with van der Waals surface area (Å²) in [7, 11) is 0. The zero-order chi connectivity index (χ0) is 14.3. The van der Waals surface area contributed by atoms with E-state index in [1.807, 2.05) is 17.6 Å². The summed E-state index contributed by atoms with van der Waals surface area (Å²) in [5.74, 6) is 0.501. The first-order valence-electron chi connectivity index (χ1n) is 6.31. The minimum Gasteiger partial charge on any atom is -0.295 e. The van der Waals surface area contributed by atoms with E-state index in [1.165, 1.54) is 6.07 Å². The molecule has 3 aromatic rings. The van der Waals surface area contributed by atoms with Crippen molar-refractivity contribution >= 4 is 22.6 Å². The Morgan fingerprint density at radius 1 is 1.30 bits per heavy atom. The van der Waals surface area contributed by atoms with Crippen LogP contribution in [0.4, 0.5) is 4.39 Å². The maximum absolute atomic E-state index is 13.5. The first kappa shape index (κ1) is 13.1. The largest absolute Gasteiger partial charge is 0.295 e. The number of nitrogens with zero attached hydrogens (tertiary/aromatic N) is 3. The van der Waals surface area contributed by atoms with Crippen molar-refractivity contribution in [2.24, 2.45) is 0 Å². The van der Waals surface area contributed by atoms with Crippen molar-refractivity contribution in [3.05, 3.63) is 53.9 Å². The molecule has 0 fully saturated rings. The minimum absolute atomic E-state index is 0.222. The number of benzene rings is 1. The van der Waals surface area contributed by atoms with Crippen molar-refractivity contribution in [2.75, 3.05) is 0 Å². The molecule has 0 N–H and O–H groups in total. The van der Waals surface area contributed by atoms with Crippen molar-refractivity contribution in [3.63, 3.8) is 0 Å². The molecular weight excluding hydrogens is 277 g/mol. The number of rotatable bonds is 2. The molecule has 0 radical (unpaired) electrons. The van der Waals surface area contributed by atoms with Crippen molar-refractivity contribution in [1.29, 1.82) is 0 Å². The van der Waals surface area contributed by atoms with E-state index in [9.17, 15) is 4.39 Å². The molecule has 0 aliphatic heterocycles. The molecule has 0 spiro atoms. The van der Waals surface area contributed by atoms with Crippen LogP contribution in [0.3, 0.4) is 0 Å². The molecule has 0 amide bonds. The molecule has 0 saturated heterocycles. The van der Waals surface area contributed by atoms with Gasteiger partial charge in [-0.1, -0.05) is 0 Å². The second kappa shape index (κ2) is 4.87. The highest BCUT2D eigenvalue weighted by atomic mass is 35.5. The van der Waals surface area contributed by atoms with E-state index >= 15 is 0 Å². The van der Waals surface area contributed by atoms with Crippen LogP contribution in [0, 0.1) is 12.7 Å². The van der Waals surface area contributed by atoms with Crippen LogP contribution < -0.4 is 0 Å². The Morgan fingerprint density at radius 2 is 2.10 bits per heavy atom. The van der Waals surface area contributed by atoms with Gasteiger partial charge in [0.15, 0.2) is 0 Å². The Kier molecular flexibility index (Phi) is 3.18. The monoisotopic (exact) mass is 289 g/mol. The predicted octanol–water partition coefficient (Wildman–Crippen LogP) is 4.17. The highest BCUT2D eigenvalue weighted by Gasteiger charge is 2.16. The lowest BCUT2D eigenvalue weighted by Crippen LogP contribution is -2.02. The molecule has 102 valence electrons. The van der Waals surface area contributed by atoms with Crippen LogP contribution in [0.25, 0.3) is 16.7 Å². The predicted molar refractivity (Wildman–Crippen MR) is 77.8 cm³/mol. The highest BCUT2D eigenvalue weighted by molar-refractivity contribution is 6.20. The van der Waals surface area contributed by atoms with Crippen molar-refractivity contribution in [2.45, 2.75) is 19.2 Å². The van der Waals surface area contributed by atoms with E-state index in [0.717, 1.165) is 22.5 Å². The lowest BCUT2D eigenvalue weighted by atomic mass is 10.2. The summed E-state index contributed by atoms with van der Waals surface area (Å²) in [6, 6.07) is 6.86. The lowest BCUT2D eigenvalue weighted by Gasteiger charge is -2.11. The number of aryl methyl sites for hydroxylation is 1. The zero-order valence-electron chi connectivity index (χ0n) is 11.1. The van der Waals surface area contributed by atoms with E-state index in [0.29, 0.717) is 5.56 Å². The van der Waals surface area contributed by atoms with Gasteiger partial charge in [0.1, 0.15) is 17.2 Å². The third-order valence-electron chi connectivity index (χ3n) is 3.24. The molecule has 2 heterocycles. The standard InChI is InChI=1S/C15H13ClFN3/c1-9-7-11(3-4-12(9)17)20-14-5-6-18-8-13(14)19-15(20)10(2)16/h3-8,10H,1-2H3. The third kappa shape index (κ3) is 2.06. The smallest absolute Gasteiger partial charge is 0.132 e. The summed E-state index contributed by atoms with van der Waals surface area (Å²) in [5, 5.41) is -0.257. The normalized spacial score (nSPS) is 12.8. The van der Waals surface area contributed by atoms with Gasteiger partial charge in [0.2, 0.25) is 0 Å². The zero-order valence-corrected chi connectivity index (χ0v) is 11.9. The molecule has 0 aliphatic rings. The molecule has 0 saturated carbocycles. The molecule has 1 aromatic carbocycles. The van der Waals surface area contributed by atoms with Gasteiger partial charge in [-0.15, -0.1) is 11.6 Å². The lowest BCUT2D eigenvalue weighted by molar-refractivity contribution is 0.618. The van der Waals surface area contributed by atoms with Gasteiger partial charge >= 0.3 is 0 Å². The number of fused-ring (bicyclic) bond motifs is 1. The summed E-state index contributed by atoms with van der Waals surface area (Å²) >= 11 is 6.22. The van der Waals surface area contributed by atoms with Crippen molar-refractivity contribution in [3.8, 4) is 5.69 Å². The molecule has 5 heteroatoms. The number of halogens is 2. The summed E-state index contributed by atoms with van der Waals surface area (Å²) in [6.07, 6.45) is 3.41. The van der Waals surface area contributed by atoms with E-state index in [2.05, 4.69) is 9.97 Å². The number of pyridine rings is 1. The molecule has 20 heavy (non-hydrogen) atoms. The maximum atomic E-state index is 13.5. The first-order valence-corrected chi connectivity index (χ1v) is 6.74. The Morgan fingerprint density at radius 3 is 2.80 bits per heavy atom. The Balaban J connectivity index is 2.33. The van der Waals surface area contributed by atoms with Crippen LogP contribution in [0.1, 0.15) is 23.7 Å². The van der Waals surface area contributed by atoms with Gasteiger partial charge in [-0.2, -0.15) is 0 Å². The van der Waals surface area contributed by atoms with Crippen LogP contribution in [0.5, 0.6) is 0 Å². The van der Waals surface area contributed by atoms with Gasteiger partial charge < -0.3 is 0 Å². The van der Waals surface area contributed by atoms with Gasteiger partial charge in [-0.3, -0.25) is 9.55 Å². The number of imidazole rings is 1. The number of hydrogen-bond donors (Lipinski definition) is 0. The second-order valence-electron chi connectivity index (χ2n) is 4.72. The summed E-state index contributed by atoms with van der Waals surface area (Å²) in [5.41, 5.74) is 3.12. The van der Waals surface area contributed by atoms with Gasteiger partial charge in [0.05, 0.1) is 17.1 Å². The minimum atomic E-state index is -0.257. The van der Waals surface area contributed by atoms with Gasteiger partial charge in [-0.25, -0.2) is 9.37 Å². The number of aromatic nitrogens is 3. The fraction of sp³-hybridized carbons (Fsp3) is 0.200. The highest BCUT2D eigenvalue weighted by Crippen LogP contribution is 2.28. The topological polar surface area (TPSA) is 30.7 Å². The quantitative estimate of drug-likeness (QED) is 0.663. The van der Waals surface area contributed by atoms with E-state index in [1.54, 1.807) is 31.5 Å². The average molecular weight is 290 g/mol. The van der Waals surface area contributed by atoms with Crippen LogP contribution in [-0.4, -0.2) is 14.5 Å². The number of alkyl halides is 1. The molecular formula is C15H13ClFN3. The maximum Gasteiger partial charge on any atom is 0.132 e. The average Bonchev–Trinajstić information content (AvgIpc) is 2.81. The Labute approximate surface area is 121 Å². The molecule has 0 aliphatic carbocycles. The molecule has 2 aromatic heterocycles. The third-order valence-corrected chi connectivity index (χ3v) is 3.43. The first-order chi connectivity index (χ1) is 9.58. The van der Waals surface area contributed by atoms with E-state index in [4.69, 9.17) is 11.6 Å². The van der Waals surface area contributed by atoms with E-state index in [-0.39, 0.29) is 11.2 Å². The van der Waals surface area contributed by atoms with Crippen molar-refractivity contribution in [1.82, 2.24) is 14.5 Å². The Hall–Kier alpha value is -1.94. The molecule has 3 rings (SSSR count). The molecule has 1 atom stereocenters. The summed E-state index contributed by atoms with van der Waals surface area (Å²) in [6.45, 7) is 3.60. The number of hydrogen-bond acceptors (Lipinski definition) is 2. The second-order valence-corrected chi connectivity index (χ2v) is 5.37. The van der Waals surface area contributed by atoms with Crippen LogP contribution in [-0.2, 0) is 0 Å². The fourth-order valence-corrected chi connectivity index (χ4v) is 2.40. The SMILES string of the molecule is Cc1cc(-n2c(C(C)Cl)nc3cnccc32)ccc1F. The van der Waals surface area contributed by atoms with Crippen LogP contribution in [0.2, 0.25) is 0 Å². The fourth-order valence-electron chi connectivity index (χ4n) is 2.26. The molecule has 1 unspecified atom stereocenters. The van der Waals surface area contributed by atoms with Crippen LogP contribution >= 0.6 is 11.6 Å². The summed E-state index contributed by atoms with van der Waals surface area (Å²) in [4.78, 5) is 8.59. The van der Waals surface area contributed by atoms with Gasteiger partial charge in [-0.05, 0) is 43.7 Å².